The maximum Gasteiger partial charge on any atom is 0.0494 e. The molecule has 1 aliphatic rings. The monoisotopic (exact) mass is 206 g/mol. The lowest BCUT2D eigenvalue weighted by atomic mass is 10.4. The number of hydrogen-bond acceptors (Lipinski definition) is 3. The summed E-state index contributed by atoms with van der Waals surface area (Å²) >= 11 is 5.72. The smallest absolute Gasteiger partial charge is 0.0494 e. The summed E-state index contributed by atoms with van der Waals surface area (Å²) in [5.41, 5.74) is 0. The van der Waals surface area contributed by atoms with Gasteiger partial charge in [-0.15, -0.1) is 35.3 Å². The van der Waals surface area contributed by atoms with Crippen LogP contribution in [0.2, 0.25) is 0 Å². The lowest BCUT2D eigenvalue weighted by Crippen LogP contribution is -1.82. The van der Waals surface area contributed by atoms with Crippen LogP contribution in [0.5, 0.6) is 0 Å². The third kappa shape index (κ3) is 2.63. The molecule has 0 N–H and O–H groups in total. The van der Waals surface area contributed by atoms with Crippen LogP contribution in [0.4, 0.5) is 0 Å². The summed E-state index contributed by atoms with van der Waals surface area (Å²) in [5.74, 6) is 0.917. The molecular formula is C8H14S3. The van der Waals surface area contributed by atoms with Crippen molar-refractivity contribution in [3.63, 3.8) is 0 Å². The van der Waals surface area contributed by atoms with Crippen molar-refractivity contribution < 1.29 is 0 Å². The third-order valence-corrected chi connectivity index (χ3v) is 5.16. The highest BCUT2D eigenvalue weighted by molar-refractivity contribution is 8.22. The van der Waals surface area contributed by atoms with E-state index in [9.17, 15) is 0 Å². The number of allylic oxidation sites excluding steroid dienone is 1. The topological polar surface area (TPSA) is 0 Å². The fraction of sp³-hybridized carbons (Fsp3) is 0.750. The van der Waals surface area contributed by atoms with Crippen molar-refractivity contribution in [1.29, 1.82) is 0 Å². The van der Waals surface area contributed by atoms with Crippen LogP contribution in [-0.4, -0.2) is 18.8 Å². The van der Waals surface area contributed by atoms with Crippen LogP contribution in [0.25, 0.3) is 0 Å². The molecule has 11 heavy (non-hydrogen) atoms. The first-order chi connectivity index (χ1) is 5.33. The van der Waals surface area contributed by atoms with Crippen molar-refractivity contribution in [2.24, 2.45) is 5.92 Å². The SMILES string of the molecule is CSC(SC)=C(SC)C1CC1. The Labute approximate surface area is 82.0 Å². The van der Waals surface area contributed by atoms with Crippen LogP contribution in [0.1, 0.15) is 12.8 Å². The molecule has 0 aliphatic heterocycles. The summed E-state index contributed by atoms with van der Waals surface area (Å²) in [5, 5.41) is 0. The highest BCUT2D eigenvalue weighted by Crippen LogP contribution is 2.47. The lowest BCUT2D eigenvalue weighted by Gasteiger charge is -2.07. The second-order valence-electron chi connectivity index (χ2n) is 2.54. The van der Waals surface area contributed by atoms with E-state index in [-0.39, 0.29) is 0 Å². The van der Waals surface area contributed by atoms with Gasteiger partial charge in [0.05, 0.1) is 0 Å². The quantitative estimate of drug-likeness (QED) is 0.689. The molecule has 0 bridgehead atoms. The van der Waals surface area contributed by atoms with Crippen LogP contribution >= 0.6 is 35.3 Å². The van der Waals surface area contributed by atoms with E-state index in [1.165, 1.54) is 17.1 Å². The molecule has 0 aromatic carbocycles. The molecule has 0 aromatic heterocycles. The summed E-state index contributed by atoms with van der Waals surface area (Å²) in [4.78, 5) is 1.63. The van der Waals surface area contributed by atoms with Crippen molar-refractivity contribution in [2.45, 2.75) is 12.8 Å². The molecule has 0 spiro atoms. The van der Waals surface area contributed by atoms with E-state index in [2.05, 4.69) is 18.8 Å². The van der Waals surface area contributed by atoms with E-state index in [0.717, 1.165) is 5.92 Å². The Hall–Kier alpha value is 0.790. The zero-order chi connectivity index (χ0) is 8.27. The first-order valence-corrected chi connectivity index (χ1v) is 7.37. The minimum atomic E-state index is 0.917. The Morgan fingerprint density at radius 3 is 1.82 bits per heavy atom. The molecule has 0 atom stereocenters. The second kappa shape index (κ2) is 4.73. The minimum Gasteiger partial charge on any atom is -0.132 e. The Morgan fingerprint density at radius 2 is 1.55 bits per heavy atom. The van der Waals surface area contributed by atoms with Gasteiger partial charge in [-0.05, 0) is 37.5 Å². The average molecular weight is 206 g/mol. The molecule has 0 unspecified atom stereocenters. The first-order valence-electron chi connectivity index (χ1n) is 3.69. The van der Waals surface area contributed by atoms with Gasteiger partial charge in [-0.3, -0.25) is 0 Å². The van der Waals surface area contributed by atoms with Crippen LogP contribution < -0.4 is 0 Å². The molecule has 1 aliphatic carbocycles. The Bertz CT molecular complexity index is 153. The molecule has 0 radical (unpaired) electrons. The summed E-state index contributed by atoms with van der Waals surface area (Å²) in [7, 11) is 0. The molecular weight excluding hydrogens is 192 g/mol. The maximum absolute atomic E-state index is 2.19. The predicted molar refractivity (Wildman–Crippen MR) is 60.3 cm³/mol. The van der Waals surface area contributed by atoms with Crippen LogP contribution in [0.3, 0.4) is 0 Å². The number of thioether (sulfide) groups is 3. The molecule has 0 saturated heterocycles. The van der Waals surface area contributed by atoms with E-state index >= 15 is 0 Å². The van der Waals surface area contributed by atoms with Gasteiger partial charge < -0.3 is 0 Å². The van der Waals surface area contributed by atoms with Crippen molar-refractivity contribution in [1.82, 2.24) is 0 Å². The van der Waals surface area contributed by atoms with Crippen molar-refractivity contribution in [2.75, 3.05) is 18.8 Å². The molecule has 64 valence electrons. The highest BCUT2D eigenvalue weighted by Gasteiger charge is 2.27. The zero-order valence-electron chi connectivity index (χ0n) is 7.22. The largest absolute Gasteiger partial charge is 0.132 e. The summed E-state index contributed by atoms with van der Waals surface area (Å²) in [6.07, 6.45) is 9.37. The van der Waals surface area contributed by atoms with Gasteiger partial charge in [-0.2, -0.15) is 0 Å². The van der Waals surface area contributed by atoms with E-state index < -0.39 is 0 Å². The van der Waals surface area contributed by atoms with Gasteiger partial charge in [0.15, 0.2) is 0 Å². The van der Waals surface area contributed by atoms with Crippen LogP contribution in [0.15, 0.2) is 9.14 Å². The fourth-order valence-corrected chi connectivity index (χ4v) is 4.18. The van der Waals surface area contributed by atoms with Crippen LogP contribution in [0, 0.1) is 5.92 Å². The Morgan fingerprint density at radius 1 is 1.00 bits per heavy atom. The van der Waals surface area contributed by atoms with E-state index in [4.69, 9.17) is 0 Å². The average Bonchev–Trinajstić information content (AvgIpc) is 2.82. The van der Waals surface area contributed by atoms with Crippen molar-refractivity contribution >= 4 is 35.3 Å². The van der Waals surface area contributed by atoms with Gasteiger partial charge >= 0.3 is 0 Å². The van der Waals surface area contributed by atoms with Crippen molar-refractivity contribution in [3.8, 4) is 0 Å². The minimum absolute atomic E-state index is 0.917. The standard InChI is InChI=1S/C8H14S3/c1-9-7(6-4-5-6)8(10-2)11-3/h6H,4-5H2,1-3H3. The van der Waals surface area contributed by atoms with Crippen molar-refractivity contribution in [3.05, 3.63) is 9.14 Å². The van der Waals surface area contributed by atoms with Gasteiger partial charge in [0, 0.05) is 9.14 Å². The Balaban J connectivity index is 2.66. The fourth-order valence-electron chi connectivity index (χ4n) is 1.05. The maximum atomic E-state index is 2.19. The summed E-state index contributed by atoms with van der Waals surface area (Å²) in [6, 6.07) is 0. The predicted octanol–water partition coefficient (Wildman–Crippen LogP) is 3.65. The molecule has 0 amide bonds. The van der Waals surface area contributed by atoms with Gasteiger partial charge in [-0.25, -0.2) is 0 Å². The highest BCUT2D eigenvalue weighted by atomic mass is 32.2. The molecule has 3 heteroatoms. The molecule has 1 fully saturated rings. The normalized spacial score (nSPS) is 16.6. The summed E-state index contributed by atoms with van der Waals surface area (Å²) < 4.78 is 1.53. The molecule has 1 rings (SSSR count). The van der Waals surface area contributed by atoms with E-state index in [1.54, 1.807) is 4.91 Å². The zero-order valence-corrected chi connectivity index (χ0v) is 9.67. The Kier molecular flexibility index (Phi) is 4.24. The van der Waals surface area contributed by atoms with Gasteiger partial charge in [0.1, 0.15) is 0 Å². The molecule has 1 saturated carbocycles. The number of hydrogen-bond donors (Lipinski definition) is 0. The number of rotatable bonds is 4. The molecule has 0 nitrogen and oxygen atoms in total. The van der Waals surface area contributed by atoms with Crippen LogP contribution in [-0.2, 0) is 0 Å². The van der Waals surface area contributed by atoms with E-state index in [0.29, 0.717) is 0 Å². The second-order valence-corrected chi connectivity index (χ2v) is 5.28. The molecule has 0 heterocycles. The van der Waals surface area contributed by atoms with Gasteiger partial charge in [0.2, 0.25) is 0 Å². The van der Waals surface area contributed by atoms with Gasteiger partial charge in [-0.1, -0.05) is 0 Å². The lowest BCUT2D eigenvalue weighted by molar-refractivity contribution is 1.10. The summed E-state index contributed by atoms with van der Waals surface area (Å²) in [6.45, 7) is 0. The van der Waals surface area contributed by atoms with Gasteiger partial charge in [0.25, 0.3) is 0 Å². The first kappa shape index (κ1) is 9.87. The van der Waals surface area contributed by atoms with E-state index in [1.807, 2.05) is 35.3 Å². The third-order valence-electron chi connectivity index (χ3n) is 1.74. The molecule has 0 aromatic rings.